The molecule has 29 heavy (non-hydrogen) atoms. The number of amides is 3. The molecule has 1 saturated carbocycles. The zero-order valence-electron chi connectivity index (χ0n) is 16.3. The predicted molar refractivity (Wildman–Crippen MR) is 107 cm³/mol. The predicted octanol–water partition coefficient (Wildman–Crippen LogP) is 1.32. The molecule has 0 aliphatic heterocycles. The van der Waals surface area contributed by atoms with Gasteiger partial charge in [0.25, 0.3) is 5.91 Å². The molecule has 1 aromatic heterocycles. The van der Waals surface area contributed by atoms with Crippen LogP contribution in [0.5, 0.6) is 5.75 Å². The molecule has 9 heteroatoms. The molecule has 3 amide bonds. The molecule has 1 aliphatic carbocycles. The van der Waals surface area contributed by atoms with E-state index in [4.69, 9.17) is 4.74 Å². The van der Waals surface area contributed by atoms with Crippen LogP contribution >= 0.6 is 0 Å². The van der Waals surface area contributed by atoms with Crippen LogP contribution < -0.4 is 20.7 Å². The minimum absolute atomic E-state index is 0.0929. The first-order chi connectivity index (χ1) is 14.0. The number of rotatable bonds is 8. The van der Waals surface area contributed by atoms with Crippen LogP contribution in [-0.2, 0) is 16.1 Å². The standard InChI is InChI=1S/C20H25N5O4/c1-29-17-8-6-14(7-9-17)20(28)21-11-18(26)24-16-10-22-25(12-16)13-19(27)23-15-4-2-3-5-15/h6-10,12,15H,2-5,11,13H2,1H3,(H,21,28)(H,23,27)(H,24,26). The average Bonchev–Trinajstić information content (AvgIpc) is 3.38. The molecule has 154 valence electrons. The van der Waals surface area contributed by atoms with E-state index in [0.717, 1.165) is 25.7 Å². The van der Waals surface area contributed by atoms with Crippen molar-refractivity contribution in [2.45, 2.75) is 38.3 Å². The van der Waals surface area contributed by atoms with Crippen molar-refractivity contribution >= 4 is 23.4 Å². The van der Waals surface area contributed by atoms with E-state index in [1.807, 2.05) is 0 Å². The fraction of sp³-hybridized carbons (Fsp3) is 0.400. The second kappa shape index (κ2) is 9.72. The van der Waals surface area contributed by atoms with Gasteiger partial charge in [-0.3, -0.25) is 19.1 Å². The minimum atomic E-state index is -0.387. The molecule has 9 nitrogen and oxygen atoms in total. The number of anilines is 1. The van der Waals surface area contributed by atoms with Gasteiger partial charge >= 0.3 is 0 Å². The number of nitrogens with one attached hydrogen (secondary N) is 3. The van der Waals surface area contributed by atoms with E-state index in [1.165, 1.54) is 10.9 Å². The summed E-state index contributed by atoms with van der Waals surface area (Å²) in [6.07, 6.45) is 7.39. The summed E-state index contributed by atoms with van der Waals surface area (Å²) in [4.78, 5) is 36.2. The highest BCUT2D eigenvalue weighted by atomic mass is 16.5. The number of hydrogen-bond donors (Lipinski definition) is 3. The fourth-order valence-corrected chi connectivity index (χ4v) is 3.22. The minimum Gasteiger partial charge on any atom is -0.497 e. The van der Waals surface area contributed by atoms with E-state index in [-0.39, 0.29) is 36.9 Å². The number of ether oxygens (including phenoxy) is 1. The molecule has 0 radical (unpaired) electrons. The van der Waals surface area contributed by atoms with E-state index in [2.05, 4.69) is 21.0 Å². The number of carbonyl (C=O) groups excluding carboxylic acids is 3. The maximum atomic E-state index is 12.1. The quantitative estimate of drug-likeness (QED) is 0.619. The Labute approximate surface area is 168 Å². The van der Waals surface area contributed by atoms with Gasteiger partial charge in [0.2, 0.25) is 11.8 Å². The zero-order valence-corrected chi connectivity index (χ0v) is 16.3. The number of methoxy groups -OCH3 is 1. The molecule has 0 unspecified atom stereocenters. The Morgan fingerprint density at radius 1 is 1.14 bits per heavy atom. The van der Waals surface area contributed by atoms with Crippen LogP contribution in [0.15, 0.2) is 36.7 Å². The van der Waals surface area contributed by atoms with Gasteiger partial charge in [-0.25, -0.2) is 0 Å². The molecule has 1 heterocycles. The Balaban J connectivity index is 1.42. The lowest BCUT2D eigenvalue weighted by molar-refractivity contribution is -0.122. The molecule has 2 aromatic rings. The maximum absolute atomic E-state index is 12.1. The number of nitrogens with zero attached hydrogens (tertiary/aromatic N) is 2. The van der Waals surface area contributed by atoms with E-state index in [1.54, 1.807) is 37.6 Å². The lowest BCUT2D eigenvalue weighted by Gasteiger charge is -2.11. The largest absolute Gasteiger partial charge is 0.497 e. The van der Waals surface area contributed by atoms with Crippen LogP contribution in [0.2, 0.25) is 0 Å². The van der Waals surface area contributed by atoms with Gasteiger partial charge in [0, 0.05) is 17.8 Å². The van der Waals surface area contributed by atoms with Gasteiger partial charge in [0.1, 0.15) is 12.3 Å². The molecule has 1 aromatic carbocycles. The van der Waals surface area contributed by atoms with Crippen molar-refractivity contribution in [3.63, 3.8) is 0 Å². The summed E-state index contributed by atoms with van der Waals surface area (Å²) in [5, 5.41) is 12.3. The Morgan fingerprint density at radius 2 is 1.86 bits per heavy atom. The van der Waals surface area contributed by atoms with Crippen molar-refractivity contribution < 1.29 is 19.1 Å². The van der Waals surface area contributed by atoms with Crippen LogP contribution in [0, 0.1) is 0 Å². The number of hydrogen-bond acceptors (Lipinski definition) is 5. The summed E-state index contributed by atoms with van der Waals surface area (Å²) in [7, 11) is 1.55. The maximum Gasteiger partial charge on any atom is 0.251 e. The van der Waals surface area contributed by atoms with Gasteiger partial charge in [0.15, 0.2) is 0 Å². The highest BCUT2D eigenvalue weighted by Crippen LogP contribution is 2.17. The molecule has 1 fully saturated rings. The molecule has 1 aliphatic rings. The molecular weight excluding hydrogens is 374 g/mol. The summed E-state index contributed by atoms with van der Waals surface area (Å²) in [5.74, 6) is -0.193. The lowest BCUT2D eigenvalue weighted by atomic mass is 10.2. The van der Waals surface area contributed by atoms with Gasteiger partial charge in [-0.15, -0.1) is 0 Å². The van der Waals surface area contributed by atoms with E-state index in [0.29, 0.717) is 17.0 Å². The SMILES string of the molecule is COc1ccc(C(=O)NCC(=O)Nc2cnn(CC(=O)NC3CCCC3)c2)cc1. The van der Waals surface area contributed by atoms with Crippen LogP contribution in [0.4, 0.5) is 5.69 Å². The van der Waals surface area contributed by atoms with Gasteiger partial charge in [-0.1, -0.05) is 12.8 Å². The average molecular weight is 399 g/mol. The summed E-state index contributed by atoms with van der Waals surface area (Å²) in [5.41, 5.74) is 0.891. The third-order valence-corrected chi connectivity index (χ3v) is 4.70. The molecule has 3 N–H and O–H groups in total. The molecular formula is C20H25N5O4. The number of aromatic nitrogens is 2. The summed E-state index contributed by atoms with van der Waals surface area (Å²) >= 11 is 0. The Morgan fingerprint density at radius 3 is 2.55 bits per heavy atom. The third kappa shape index (κ3) is 6.06. The Hall–Kier alpha value is -3.36. The van der Waals surface area contributed by atoms with E-state index < -0.39 is 0 Å². The zero-order chi connectivity index (χ0) is 20.6. The monoisotopic (exact) mass is 399 g/mol. The first kappa shape index (κ1) is 20.4. The molecule has 0 bridgehead atoms. The lowest BCUT2D eigenvalue weighted by Crippen LogP contribution is -2.35. The van der Waals surface area contributed by atoms with Crippen molar-refractivity contribution in [2.75, 3.05) is 19.0 Å². The summed E-state index contributed by atoms with van der Waals surface area (Å²) in [6, 6.07) is 6.84. The highest BCUT2D eigenvalue weighted by molar-refractivity contribution is 5.99. The normalized spacial score (nSPS) is 13.7. The van der Waals surface area contributed by atoms with Crippen molar-refractivity contribution in [3.05, 3.63) is 42.2 Å². The molecule has 3 rings (SSSR count). The second-order valence-corrected chi connectivity index (χ2v) is 6.93. The summed E-state index contributed by atoms with van der Waals surface area (Å²) in [6.45, 7) is -0.0845. The number of benzene rings is 1. The van der Waals surface area contributed by atoms with Crippen LogP contribution in [0.3, 0.4) is 0 Å². The molecule has 0 spiro atoms. The van der Waals surface area contributed by atoms with Crippen molar-refractivity contribution in [3.8, 4) is 5.75 Å². The van der Waals surface area contributed by atoms with E-state index in [9.17, 15) is 14.4 Å². The van der Waals surface area contributed by atoms with Crippen LogP contribution in [-0.4, -0.2) is 47.2 Å². The third-order valence-electron chi connectivity index (χ3n) is 4.70. The Kier molecular flexibility index (Phi) is 6.83. The Bertz CT molecular complexity index is 856. The van der Waals surface area contributed by atoms with Gasteiger partial charge in [0.05, 0.1) is 25.5 Å². The van der Waals surface area contributed by atoms with E-state index >= 15 is 0 Å². The number of carbonyl (C=O) groups is 3. The topological polar surface area (TPSA) is 114 Å². The first-order valence-corrected chi connectivity index (χ1v) is 9.57. The van der Waals surface area contributed by atoms with Gasteiger partial charge in [-0.2, -0.15) is 5.10 Å². The fourth-order valence-electron chi connectivity index (χ4n) is 3.22. The highest BCUT2D eigenvalue weighted by Gasteiger charge is 2.17. The van der Waals surface area contributed by atoms with Crippen LogP contribution in [0.1, 0.15) is 36.0 Å². The van der Waals surface area contributed by atoms with Crippen molar-refractivity contribution in [2.24, 2.45) is 0 Å². The smallest absolute Gasteiger partial charge is 0.251 e. The second-order valence-electron chi connectivity index (χ2n) is 6.93. The first-order valence-electron chi connectivity index (χ1n) is 9.57. The van der Waals surface area contributed by atoms with Crippen molar-refractivity contribution in [1.29, 1.82) is 0 Å². The molecule has 0 saturated heterocycles. The van der Waals surface area contributed by atoms with Crippen LogP contribution in [0.25, 0.3) is 0 Å². The van der Waals surface area contributed by atoms with Gasteiger partial charge in [-0.05, 0) is 37.1 Å². The summed E-state index contributed by atoms with van der Waals surface area (Å²) < 4.78 is 6.51. The molecule has 0 atom stereocenters. The van der Waals surface area contributed by atoms with Gasteiger partial charge < -0.3 is 20.7 Å². The van der Waals surface area contributed by atoms with Crippen molar-refractivity contribution in [1.82, 2.24) is 20.4 Å².